The van der Waals surface area contributed by atoms with E-state index in [1.807, 2.05) is 6.92 Å². The van der Waals surface area contributed by atoms with Crippen molar-refractivity contribution in [3.05, 3.63) is 29.8 Å². The predicted octanol–water partition coefficient (Wildman–Crippen LogP) is 2.19. The van der Waals surface area contributed by atoms with Crippen LogP contribution in [-0.2, 0) is 0 Å². The lowest BCUT2D eigenvalue weighted by Gasteiger charge is -2.06. The molecule has 7 heteroatoms. The van der Waals surface area contributed by atoms with Gasteiger partial charge in [0.1, 0.15) is 11.6 Å². The molecule has 0 fully saturated rings. The van der Waals surface area contributed by atoms with Gasteiger partial charge >= 0.3 is 6.01 Å². The van der Waals surface area contributed by atoms with Gasteiger partial charge in [0.05, 0.1) is 12.2 Å². The standard InChI is InChI=1S/C12H12F2N4O/c1-2-5-19-12-17-10(16-11(15)18-12)8-4-3-7(13)6-9(8)14/h3-4,6H,2,5H2,1H3,(H2,15,16,17,18). The van der Waals surface area contributed by atoms with E-state index in [0.29, 0.717) is 6.61 Å². The maximum absolute atomic E-state index is 13.6. The smallest absolute Gasteiger partial charge is 0.321 e. The number of nitrogens with zero attached hydrogens (tertiary/aromatic N) is 3. The molecule has 1 aromatic carbocycles. The second-order valence-electron chi connectivity index (χ2n) is 3.77. The van der Waals surface area contributed by atoms with E-state index in [2.05, 4.69) is 15.0 Å². The van der Waals surface area contributed by atoms with E-state index in [4.69, 9.17) is 10.5 Å². The molecule has 1 aromatic heterocycles. The number of ether oxygens (including phenoxy) is 1. The minimum Gasteiger partial charge on any atom is -0.463 e. The normalized spacial score (nSPS) is 10.5. The van der Waals surface area contributed by atoms with Gasteiger partial charge in [0, 0.05) is 6.07 Å². The Labute approximate surface area is 108 Å². The van der Waals surface area contributed by atoms with E-state index in [1.165, 1.54) is 6.07 Å². The summed E-state index contributed by atoms with van der Waals surface area (Å²) in [5.74, 6) is -1.52. The second kappa shape index (κ2) is 5.55. The first-order valence-corrected chi connectivity index (χ1v) is 5.70. The summed E-state index contributed by atoms with van der Waals surface area (Å²) in [5.41, 5.74) is 5.55. The summed E-state index contributed by atoms with van der Waals surface area (Å²) in [7, 11) is 0. The van der Waals surface area contributed by atoms with Crippen LogP contribution in [0.1, 0.15) is 13.3 Å². The van der Waals surface area contributed by atoms with Gasteiger partial charge in [-0.15, -0.1) is 0 Å². The van der Waals surface area contributed by atoms with Crippen LogP contribution >= 0.6 is 0 Å². The highest BCUT2D eigenvalue weighted by Gasteiger charge is 2.12. The third-order valence-electron chi connectivity index (χ3n) is 2.24. The fourth-order valence-electron chi connectivity index (χ4n) is 1.42. The Kier molecular flexibility index (Phi) is 3.84. The molecule has 0 aliphatic carbocycles. The first-order valence-electron chi connectivity index (χ1n) is 5.70. The van der Waals surface area contributed by atoms with Gasteiger partial charge in [0.15, 0.2) is 5.82 Å². The van der Waals surface area contributed by atoms with Crippen molar-refractivity contribution in [1.82, 2.24) is 15.0 Å². The minimum atomic E-state index is -0.771. The molecular formula is C12H12F2N4O. The van der Waals surface area contributed by atoms with Crippen molar-refractivity contribution < 1.29 is 13.5 Å². The van der Waals surface area contributed by atoms with Gasteiger partial charge in [0.25, 0.3) is 0 Å². The lowest BCUT2D eigenvalue weighted by Crippen LogP contribution is -2.06. The zero-order chi connectivity index (χ0) is 13.8. The van der Waals surface area contributed by atoms with E-state index >= 15 is 0 Å². The van der Waals surface area contributed by atoms with Crippen molar-refractivity contribution in [1.29, 1.82) is 0 Å². The van der Waals surface area contributed by atoms with Gasteiger partial charge in [0.2, 0.25) is 5.95 Å². The predicted molar refractivity (Wildman–Crippen MR) is 65.4 cm³/mol. The zero-order valence-corrected chi connectivity index (χ0v) is 10.2. The molecule has 19 heavy (non-hydrogen) atoms. The van der Waals surface area contributed by atoms with E-state index in [9.17, 15) is 8.78 Å². The Balaban J connectivity index is 2.41. The Morgan fingerprint density at radius 1 is 1.21 bits per heavy atom. The van der Waals surface area contributed by atoms with Gasteiger partial charge in [-0.3, -0.25) is 0 Å². The van der Waals surface area contributed by atoms with E-state index in [-0.39, 0.29) is 23.3 Å². The molecule has 0 aliphatic heterocycles. The molecule has 0 saturated carbocycles. The summed E-state index contributed by atoms with van der Waals surface area (Å²) in [4.78, 5) is 11.5. The fourth-order valence-corrected chi connectivity index (χ4v) is 1.42. The highest BCUT2D eigenvalue weighted by molar-refractivity contribution is 5.57. The molecule has 0 bridgehead atoms. The Morgan fingerprint density at radius 2 is 2.00 bits per heavy atom. The summed E-state index contributed by atoms with van der Waals surface area (Å²) < 4.78 is 31.7. The van der Waals surface area contributed by atoms with E-state index in [0.717, 1.165) is 18.6 Å². The van der Waals surface area contributed by atoms with Crippen LogP contribution in [0, 0.1) is 11.6 Å². The van der Waals surface area contributed by atoms with Crippen LogP contribution in [0.4, 0.5) is 14.7 Å². The molecule has 0 amide bonds. The van der Waals surface area contributed by atoms with Crippen LogP contribution in [0.3, 0.4) is 0 Å². The average Bonchev–Trinajstić information content (AvgIpc) is 2.35. The number of benzene rings is 1. The zero-order valence-electron chi connectivity index (χ0n) is 10.2. The average molecular weight is 266 g/mol. The maximum atomic E-state index is 13.6. The number of halogens is 2. The summed E-state index contributed by atoms with van der Waals surface area (Å²) in [6.07, 6.45) is 0.770. The molecule has 2 aromatic rings. The van der Waals surface area contributed by atoms with Crippen molar-refractivity contribution in [3.63, 3.8) is 0 Å². The Bertz CT molecular complexity index is 592. The van der Waals surface area contributed by atoms with Gasteiger partial charge in [-0.1, -0.05) is 6.92 Å². The Morgan fingerprint density at radius 3 is 2.68 bits per heavy atom. The lowest BCUT2D eigenvalue weighted by atomic mass is 10.2. The van der Waals surface area contributed by atoms with E-state index in [1.54, 1.807) is 0 Å². The Hall–Kier alpha value is -2.31. The van der Waals surface area contributed by atoms with Crippen LogP contribution in [0.2, 0.25) is 0 Å². The second-order valence-corrected chi connectivity index (χ2v) is 3.77. The number of anilines is 1. The summed E-state index contributed by atoms with van der Waals surface area (Å²) >= 11 is 0. The van der Waals surface area contributed by atoms with Gasteiger partial charge in [-0.05, 0) is 18.6 Å². The van der Waals surface area contributed by atoms with Crippen LogP contribution in [0.15, 0.2) is 18.2 Å². The molecule has 0 atom stereocenters. The molecule has 0 spiro atoms. The number of nitrogen functional groups attached to an aromatic ring is 1. The number of rotatable bonds is 4. The highest BCUT2D eigenvalue weighted by atomic mass is 19.1. The minimum absolute atomic E-state index is 0.0103. The van der Waals surface area contributed by atoms with Crippen molar-refractivity contribution in [3.8, 4) is 17.4 Å². The molecular weight excluding hydrogens is 254 g/mol. The van der Waals surface area contributed by atoms with Crippen LogP contribution in [0.25, 0.3) is 11.4 Å². The van der Waals surface area contributed by atoms with Gasteiger partial charge < -0.3 is 10.5 Å². The van der Waals surface area contributed by atoms with Crippen molar-refractivity contribution in [2.75, 3.05) is 12.3 Å². The van der Waals surface area contributed by atoms with Crippen molar-refractivity contribution in [2.24, 2.45) is 0 Å². The number of aromatic nitrogens is 3. The number of hydrogen-bond donors (Lipinski definition) is 1. The first-order chi connectivity index (χ1) is 9.10. The third kappa shape index (κ3) is 3.12. The molecule has 0 unspecified atom stereocenters. The molecule has 100 valence electrons. The summed E-state index contributed by atoms with van der Waals surface area (Å²) in [6, 6.07) is 3.13. The van der Waals surface area contributed by atoms with E-state index < -0.39 is 11.6 Å². The molecule has 0 saturated heterocycles. The number of nitrogens with two attached hydrogens (primary N) is 1. The first kappa shape index (κ1) is 13.1. The van der Waals surface area contributed by atoms with Gasteiger partial charge in [-0.2, -0.15) is 15.0 Å². The fraction of sp³-hybridized carbons (Fsp3) is 0.250. The SMILES string of the molecule is CCCOc1nc(N)nc(-c2ccc(F)cc2F)n1. The highest BCUT2D eigenvalue weighted by Crippen LogP contribution is 2.21. The molecule has 5 nitrogen and oxygen atoms in total. The molecule has 0 radical (unpaired) electrons. The summed E-state index contributed by atoms with van der Waals surface area (Å²) in [5, 5.41) is 0. The van der Waals surface area contributed by atoms with Crippen LogP contribution < -0.4 is 10.5 Å². The summed E-state index contributed by atoms with van der Waals surface area (Å²) in [6.45, 7) is 2.33. The maximum Gasteiger partial charge on any atom is 0.321 e. The monoisotopic (exact) mass is 266 g/mol. The quantitative estimate of drug-likeness (QED) is 0.918. The molecule has 2 N–H and O–H groups in total. The van der Waals surface area contributed by atoms with Crippen LogP contribution in [-0.4, -0.2) is 21.6 Å². The largest absolute Gasteiger partial charge is 0.463 e. The molecule has 2 rings (SSSR count). The lowest BCUT2D eigenvalue weighted by molar-refractivity contribution is 0.292. The third-order valence-corrected chi connectivity index (χ3v) is 2.24. The number of hydrogen-bond acceptors (Lipinski definition) is 5. The van der Waals surface area contributed by atoms with Crippen molar-refractivity contribution in [2.45, 2.75) is 13.3 Å². The molecule has 0 aliphatic rings. The topological polar surface area (TPSA) is 73.9 Å². The van der Waals surface area contributed by atoms with Crippen LogP contribution in [0.5, 0.6) is 6.01 Å². The molecule has 1 heterocycles. The van der Waals surface area contributed by atoms with Crippen molar-refractivity contribution >= 4 is 5.95 Å². The van der Waals surface area contributed by atoms with Gasteiger partial charge in [-0.25, -0.2) is 8.78 Å².